The third kappa shape index (κ3) is 5.31. The molecule has 10 nitrogen and oxygen atoms in total. The van der Waals surface area contributed by atoms with E-state index in [1.165, 1.54) is 16.7 Å². The van der Waals surface area contributed by atoms with Crippen LogP contribution in [0.25, 0.3) is 0 Å². The Labute approximate surface area is 252 Å². The number of anilines is 1. The molecule has 4 heterocycles. The average Bonchev–Trinajstić information content (AvgIpc) is 3.47. The summed E-state index contributed by atoms with van der Waals surface area (Å²) in [5.41, 5.74) is 1.21. The van der Waals surface area contributed by atoms with Gasteiger partial charge in [-0.2, -0.15) is 0 Å². The molecule has 6 rings (SSSR count). The van der Waals surface area contributed by atoms with E-state index in [0.29, 0.717) is 65.6 Å². The van der Waals surface area contributed by atoms with Crippen molar-refractivity contribution >= 4 is 62.4 Å². The van der Waals surface area contributed by atoms with Gasteiger partial charge in [0, 0.05) is 28.4 Å². The molecular weight excluding hydrogens is 634 g/mol. The van der Waals surface area contributed by atoms with Gasteiger partial charge in [-0.05, 0) is 48.9 Å². The number of nitrogens with zero attached hydrogens (tertiary/aromatic N) is 2. The lowest BCUT2D eigenvalue weighted by Crippen LogP contribution is -2.43. The molecule has 0 saturated carbocycles. The number of halogens is 1. The first-order valence-electron chi connectivity index (χ1n) is 13.1. The van der Waals surface area contributed by atoms with Crippen LogP contribution >= 0.6 is 39.0 Å². The molecule has 13 heteroatoms. The molecule has 214 valence electrons. The van der Waals surface area contributed by atoms with Crippen LogP contribution in [-0.2, 0) is 19.1 Å². The first-order valence-corrected chi connectivity index (χ1v) is 15.6. The first-order chi connectivity index (χ1) is 19.9. The van der Waals surface area contributed by atoms with Crippen LogP contribution < -0.4 is 19.2 Å². The van der Waals surface area contributed by atoms with Crippen LogP contribution in [0.2, 0.25) is 0 Å². The van der Waals surface area contributed by atoms with Gasteiger partial charge in [-0.3, -0.25) is 19.2 Å². The summed E-state index contributed by atoms with van der Waals surface area (Å²) in [6, 6.07) is 12.3. The number of hydrogen-bond acceptors (Lipinski definition) is 9. The van der Waals surface area contributed by atoms with Crippen LogP contribution in [0.3, 0.4) is 0 Å². The highest BCUT2D eigenvalue weighted by molar-refractivity contribution is 9.10. The van der Waals surface area contributed by atoms with Gasteiger partial charge in [0.25, 0.3) is 5.91 Å². The van der Waals surface area contributed by atoms with Gasteiger partial charge in [-0.1, -0.05) is 45.1 Å². The summed E-state index contributed by atoms with van der Waals surface area (Å²) in [5.74, 6) is -1.24. The van der Waals surface area contributed by atoms with Crippen LogP contribution in [0.4, 0.5) is 5.69 Å². The minimum atomic E-state index is -0.723. The third-order valence-electron chi connectivity index (χ3n) is 7.25. The Bertz CT molecular complexity index is 1550. The van der Waals surface area contributed by atoms with Crippen molar-refractivity contribution in [1.82, 2.24) is 9.88 Å². The van der Waals surface area contributed by atoms with E-state index in [-0.39, 0.29) is 29.2 Å². The number of carbonyl (C=O) groups excluding carboxylic acids is 3. The van der Waals surface area contributed by atoms with Crippen LogP contribution in [0.1, 0.15) is 23.3 Å². The number of amides is 3. The van der Waals surface area contributed by atoms with Crippen LogP contribution in [0.5, 0.6) is 11.5 Å². The Morgan fingerprint density at radius 3 is 2.54 bits per heavy atom. The predicted octanol–water partition coefficient (Wildman–Crippen LogP) is 3.63. The fraction of sp³-hybridized carbons (Fsp3) is 0.357. The maximum atomic E-state index is 13.9. The number of aromatic amines is 1. The third-order valence-corrected chi connectivity index (χ3v) is 10.2. The van der Waals surface area contributed by atoms with Crippen molar-refractivity contribution in [3.63, 3.8) is 0 Å². The van der Waals surface area contributed by atoms with Gasteiger partial charge in [0.2, 0.25) is 11.8 Å². The fourth-order valence-electron chi connectivity index (χ4n) is 5.37. The summed E-state index contributed by atoms with van der Waals surface area (Å²) in [5, 5.41) is -0.106. The second kappa shape index (κ2) is 11.6. The number of fused-ring (bicyclic) bond motifs is 2. The van der Waals surface area contributed by atoms with E-state index < -0.39 is 17.1 Å². The quantitative estimate of drug-likeness (QED) is 0.382. The number of H-pyrrole nitrogens is 1. The van der Waals surface area contributed by atoms with E-state index in [4.69, 9.17) is 14.2 Å². The van der Waals surface area contributed by atoms with Gasteiger partial charge in [0.05, 0.1) is 36.5 Å². The Morgan fingerprint density at radius 1 is 1.05 bits per heavy atom. The topological polar surface area (TPSA) is 118 Å². The predicted molar refractivity (Wildman–Crippen MR) is 157 cm³/mol. The van der Waals surface area contributed by atoms with E-state index in [1.54, 1.807) is 41.3 Å². The molecule has 0 spiro atoms. The number of hydrogen-bond donors (Lipinski definition) is 1. The summed E-state index contributed by atoms with van der Waals surface area (Å²) >= 11 is 5.67. The second-order valence-corrected chi connectivity index (χ2v) is 12.7. The van der Waals surface area contributed by atoms with Crippen molar-refractivity contribution in [2.45, 2.75) is 23.1 Å². The molecule has 3 aliphatic heterocycles. The Balaban J connectivity index is 1.34. The number of thiazole rings is 1. The van der Waals surface area contributed by atoms with Crippen LogP contribution in [-0.4, -0.2) is 72.4 Å². The van der Waals surface area contributed by atoms with Crippen molar-refractivity contribution < 1.29 is 28.6 Å². The highest BCUT2D eigenvalue weighted by atomic mass is 79.9. The fourth-order valence-corrected chi connectivity index (χ4v) is 8.15. The molecule has 2 saturated heterocycles. The number of aromatic nitrogens is 1. The Hall–Kier alpha value is -3.13. The van der Waals surface area contributed by atoms with E-state index >= 15 is 0 Å². The summed E-state index contributed by atoms with van der Waals surface area (Å²) in [6.45, 7) is 4.08. The van der Waals surface area contributed by atoms with E-state index in [9.17, 15) is 19.2 Å². The van der Waals surface area contributed by atoms with Gasteiger partial charge < -0.3 is 24.1 Å². The zero-order chi connectivity index (χ0) is 28.7. The maximum Gasteiger partial charge on any atom is 0.305 e. The van der Waals surface area contributed by atoms with Gasteiger partial charge in [-0.25, -0.2) is 4.90 Å². The van der Waals surface area contributed by atoms with Crippen molar-refractivity contribution in [3.8, 4) is 11.5 Å². The molecule has 2 fully saturated rings. The standard InChI is InChI=1S/C28H26BrN3O7S2/c1-2-38-19-13-15(3-8-18(19)39-14-20(33)31-9-11-37-12-10-31)21-22-24(40-25-23(21)41-28(36)30-25)27(35)32(26(22)34)17-6-4-16(29)5-7-17/h3-8,13,21-22,24H,2,9-12,14H2,1H3,(H,30,36). The lowest BCUT2D eigenvalue weighted by Gasteiger charge is -2.30. The summed E-state index contributed by atoms with van der Waals surface area (Å²) in [7, 11) is 0. The number of thioether (sulfide) groups is 1. The average molecular weight is 661 g/mol. The normalized spacial score (nSPS) is 22.0. The second-order valence-electron chi connectivity index (χ2n) is 9.66. The van der Waals surface area contributed by atoms with Crippen molar-refractivity contribution in [2.75, 3.05) is 44.4 Å². The largest absolute Gasteiger partial charge is 0.490 e. The first kappa shape index (κ1) is 28.0. The van der Waals surface area contributed by atoms with E-state index in [0.717, 1.165) is 15.8 Å². The molecule has 3 aromatic rings. The minimum absolute atomic E-state index is 0.142. The molecule has 41 heavy (non-hydrogen) atoms. The van der Waals surface area contributed by atoms with Gasteiger partial charge >= 0.3 is 4.87 Å². The van der Waals surface area contributed by atoms with Crippen LogP contribution in [0.15, 0.2) is 56.8 Å². The monoisotopic (exact) mass is 659 g/mol. The summed E-state index contributed by atoms with van der Waals surface area (Å²) < 4.78 is 17.9. The smallest absolute Gasteiger partial charge is 0.305 e. The van der Waals surface area contributed by atoms with Gasteiger partial charge in [0.1, 0.15) is 5.25 Å². The van der Waals surface area contributed by atoms with Crippen molar-refractivity contribution in [3.05, 3.63) is 67.0 Å². The molecule has 1 N–H and O–H groups in total. The maximum absolute atomic E-state index is 13.9. The van der Waals surface area contributed by atoms with Gasteiger partial charge in [-0.15, -0.1) is 0 Å². The highest BCUT2D eigenvalue weighted by Crippen LogP contribution is 2.53. The Morgan fingerprint density at radius 2 is 1.80 bits per heavy atom. The molecule has 3 atom stereocenters. The molecular formula is C28H26BrN3O7S2. The number of morpholine rings is 1. The number of benzene rings is 2. The summed E-state index contributed by atoms with van der Waals surface area (Å²) in [6.07, 6.45) is 0. The molecule has 0 radical (unpaired) electrons. The minimum Gasteiger partial charge on any atom is -0.490 e. The number of ether oxygens (including phenoxy) is 3. The van der Waals surface area contributed by atoms with Crippen molar-refractivity contribution in [2.24, 2.45) is 5.92 Å². The lowest BCUT2D eigenvalue weighted by molar-refractivity contribution is -0.137. The molecule has 1 aromatic heterocycles. The molecule has 0 aliphatic carbocycles. The number of carbonyl (C=O) groups is 3. The number of imide groups is 1. The summed E-state index contributed by atoms with van der Waals surface area (Å²) in [4.78, 5) is 58.9. The van der Waals surface area contributed by atoms with E-state index in [1.807, 2.05) is 13.0 Å². The molecule has 3 unspecified atom stereocenters. The zero-order valence-corrected chi connectivity index (χ0v) is 25.2. The highest BCUT2D eigenvalue weighted by Gasteiger charge is 2.56. The zero-order valence-electron chi connectivity index (χ0n) is 22.0. The molecule has 3 aliphatic rings. The van der Waals surface area contributed by atoms with Gasteiger partial charge in [0.15, 0.2) is 18.1 Å². The molecule has 0 bridgehead atoms. The van der Waals surface area contributed by atoms with E-state index in [2.05, 4.69) is 20.9 Å². The lowest BCUT2D eigenvalue weighted by atomic mass is 9.83. The number of rotatable bonds is 7. The SMILES string of the molecule is CCOc1cc(C2c3sc(=O)[nH]c3SC3C(=O)N(c4ccc(Br)cc4)C(=O)C32)ccc1OCC(=O)N1CCOCC1. The van der Waals surface area contributed by atoms with Crippen molar-refractivity contribution in [1.29, 1.82) is 0 Å². The molecule has 3 amide bonds. The van der Waals surface area contributed by atoms with Crippen LogP contribution in [0, 0.1) is 5.92 Å². The Kier molecular flexibility index (Phi) is 7.94. The number of nitrogens with one attached hydrogen (secondary N) is 1. The molecule has 2 aromatic carbocycles.